The smallest absolute Gasteiger partial charge is 0.261 e. The third kappa shape index (κ3) is 5.78. The quantitative estimate of drug-likeness (QED) is 0.479. The molecule has 0 saturated carbocycles. The molecule has 0 bridgehead atoms. The number of benzene rings is 2. The van der Waals surface area contributed by atoms with Gasteiger partial charge in [0.25, 0.3) is 8.32 Å². The Balaban J connectivity index is 2.39. The molecule has 2 aromatic rings. The lowest BCUT2D eigenvalue weighted by molar-refractivity contribution is 0.212. The van der Waals surface area contributed by atoms with Crippen LogP contribution in [0.25, 0.3) is 0 Å². The lowest BCUT2D eigenvalue weighted by Crippen LogP contribution is -2.66. The molecular formula is C26H36O2Si. The van der Waals surface area contributed by atoms with Crippen molar-refractivity contribution in [1.29, 1.82) is 0 Å². The van der Waals surface area contributed by atoms with Gasteiger partial charge in [0.05, 0.1) is 12.7 Å². The average Bonchev–Trinajstić information content (AvgIpc) is 2.69. The van der Waals surface area contributed by atoms with Crippen LogP contribution >= 0.6 is 0 Å². The molecule has 29 heavy (non-hydrogen) atoms. The van der Waals surface area contributed by atoms with Crippen molar-refractivity contribution in [2.24, 2.45) is 0 Å². The Labute approximate surface area is 178 Å². The summed E-state index contributed by atoms with van der Waals surface area (Å²) >= 11 is 0. The molecule has 0 fully saturated rings. The minimum absolute atomic E-state index is 0.0435. The molecule has 1 atom stereocenters. The molecule has 2 rings (SSSR count). The minimum Gasteiger partial charge on any atom is -0.404 e. The summed E-state index contributed by atoms with van der Waals surface area (Å²) in [5.74, 6) is 0. The van der Waals surface area contributed by atoms with Gasteiger partial charge in [-0.15, -0.1) is 0 Å². The predicted molar refractivity (Wildman–Crippen MR) is 127 cm³/mol. The molecule has 0 aromatic heterocycles. The summed E-state index contributed by atoms with van der Waals surface area (Å²) < 4.78 is 6.85. The first kappa shape index (κ1) is 23.3. The van der Waals surface area contributed by atoms with Gasteiger partial charge in [-0.3, -0.25) is 0 Å². The van der Waals surface area contributed by atoms with Gasteiger partial charge in [0, 0.05) is 0 Å². The Morgan fingerprint density at radius 3 is 1.79 bits per heavy atom. The number of hydrogen-bond acceptors (Lipinski definition) is 2. The van der Waals surface area contributed by atoms with Crippen LogP contribution in [0.5, 0.6) is 0 Å². The second-order valence-electron chi connectivity index (χ2n) is 8.96. The van der Waals surface area contributed by atoms with Crippen LogP contribution in [0.2, 0.25) is 5.04 Å². The zero-order chi connectivity index (χ0) is 21.5. The van der Waals surface area contributed by atoms with Gasteiger partial charge < -0.3 is 9.53 Å². The van der Waals surface area contributed by atoms with Crippen molar-refractivity contribution in [2.45, 2.75) is 59.1 Å². The first-order valence-corrected chi connectivity index (χ1v) is 12.3. The molecule has 0 saturated heterocycles. The Bertz CT molecular complexity index is 773. The second kappa shape index (κ2) is 10.2. The molecule has 0 radical (unpaired) electrons. The Hall–Kier alpha value is -1.94. The number of allylic oxidation sites excluding steroid dienone is 1. The molecule has 2 nitrogen and oxygen atoms in total. The van der Waals surface area contributed by atoms with E-state index in [0.717, 1.165) is 5.57 Å². The highest BCUT2D eigenvalue weighted by Gasteiger charge is 2.49. The van der Waals surface area contributed by atoms with E-state index >= 15 is 0 Å². The lowest BCUT2D eigenvalue weighted by Gasteiger charge is -2.42. The predicted octanol–water partition coefficient (Wildman–Crippen LogP) is 5.23. The molecule has 0 spiro atoms. The monoisotopic (exact) mass is 408 g/mol. The van der Waals surface area contributed by atoms with E-state index in [1.54, 1.807) is 0 Å². The molecule has 0 aliphatic rings. The molecule has 156 valence electrons. The molecule has 0 aliphatic heterocycles. The second-order valence-corrected chi connectivity index (χ2v) is 13.3. The summed E-state index contributed by atoms with van der Waals surface area (Å²) in [4.78, 5) is 0. The van der Waals surface area contributed by atoms with Crippen LogP contribution < -0.4 is 10.4 Å². The maximum Gasteiger partial charge on any atom is 0.261 e. The van der Waals surface area contributed by atoms with E-state index < -0.39 is 14.4 Å². The van der Waals surface area contributed by atoms with Gasteiger partial charge >= 0.3 is 0 Å². The van der Waals surface area contributed by atoms with Crippen LogP contribution in [0, 0.1) is 0 Å². The van der Waals surface area contributed by atoms with Crippen LogP contribution in [0.4, 0.5) is 0 Å². The Morgan fingerprint density at radius 1 is 0.897 bits per heavy atom. The van der Waals surface area contributed by atoms with Crippen LogP contribution in [0.15, 0.2) is 84.0 Å². The molecule has 3 heteroatoms. The highest BCUT2D eigenvalue weighted by atomic mass is 28.4. The number of aliphatic hydroxyl groups excluding tert-OH is 1. The van der Waals surface area contributed by atoms with Crippen LogP contribution in [0.1, 0.15) is 48.0 Å². The summed E-state index contributed by atoms with van der Waals surface area (Å²) in [5, 5.41) is 12.9. The first-order valence-electron chi connectivity index (χ1n) is 10.4. The van der Waals surface area contributed by atoms with Gasteiger partial charge in [-0.05, 0) is 48.2 Å². The van der Waals surface area contributed by atoms with E-state index in [0.29, 0.717) is 13.0 Å². The van der Waals surface area contributed by atoms with Crippen molar-refractivity contribution in [2.75, 3.05) is 6.61 Å². The number of hydrogen-bond donors (Lipinski definition) is 1. The Morgan fingerprint density at radius 2 is 1.38 bits per heavy atom. The standard InChI is InChI=1S/C26H36O2Si/c1-21(2)17-18-25(27)22(3)19-20-28-29(26(4,5)6,23-13-9-7-10-14-23)24-15-11-8-12-16-24/h7-17,19,25,27H,18,20H2,1-6H3/b22-19+/t25-/m0/s1. The van der Waals surface area contributed by atoms with Crippen molar-refractivity contribution in [3.05, 3.63) is 84.0 Å². The molecule has 0 aliphatic carbocycles. The van der Waals surface area contributed by atoms with Gasteiger partial charge in [0.15, 0.2) is 0 Å². The van der Waals surface area contributed by atoms with Crippen LogP contribution in [0.3, 0.4) is 0 Å². The van der Waals surface area contributed by atoms with Gasteiger partial charge in [-0.25, -0.2) is 0 Å². The Kier molecular flexibility index (Phi) is 8.20. The van der Waals surface area contributed by atoms with Gasteiger partial charge in [0.2, 0.25) is 0 Å². The molecule has 0 heterocycles. The maximum atomic E-state index is 10.4. The normalized spacial score (nSPS) is 13.8. The van der Waals surface area contributed by atoms with E-state index in [2.05, 4.69) is 101 Å². The van der Waals surface area contributed by atoms with Crippen molar-refractivity contribution in [3.8, 4) is 0 Å². The van der Waals surface area contributed by atoms with Crippen molar-refractivity contribution >= 4 is 18.7 Å². The van der Waals surface area contributed by atoms with E-state index in [1.165, 1.54) is 15.9 Å². The van der Waals surface area contributed by atoms with Gasteiger partial charge in [0.1, 0.15) is 0 Å². The highest BCUT2D eigenvalue weighted by molar-refractivity contribution is 6.99. The van der Waals surface area contributed by atoms with E-state index in [9.17, 15) is 5.11 Å². The number of rotatable bonds is 8. The summed E-state index contributed by atoms with van der Waals surface area (Å²) in [7, 11) is -2.53. The third-order valence-corrected chi connectivity index (χ3v) is 10.4. The summed E-state index contributed by atoms with van der Waals surface area (Å²) in [6, 6.07) is 21.3. The third-order valence-electron chi connectivity index (χ3n) is 5.40. The van der Waals surface area contributed by atoms with E-state index in [1.807, 2.05) is 13.0 Å². The zero-order valence-electron chi connectivity index (χ0n) is 18.8. The maximum absolute atomic E-state index is 10.4. The molecule has 0 unspecified atom stereocenters. The fourth-order valence-electron chi connectivity index (χ4n) is 3.73. The fraction of sp³-hybridized carbons (Fsp3) is 0.385. The van der Waals surface area contributed by atoms with Crippen molar-refractivity contribution in [3.63, 3.8) is 0 Å². The van der Waals surface area contributed by atoms with Crippen LogP contribution in [-0.4, -0.2) is 26.1 Å². The van der Waals surface area contributed by atoms with E-state index in [-0.39, 0.29) is 5.04 Å². The van der Waals surface area contributed by atoms with Crippen molar-refractivity contribution in [1.82, 2.24) is 0 Å². The average molecular weight is 409 g/mol. The largest absolute Gasteiger partial charge is 0.404 e. The molecule has 1 N–H and O–H groups in total. The number of aliphatic hydroxyl groups is 1. The SMILES string of the molecule is CC(C)=CC[C@H](O)/C(C)=C/CO[Si](c1ccccc1)(c1ccccc1)C(C)(C)C. The lowest BCUT2D eigenvalue weighted by atomic mass is 10.1. The topological polar surface area (TPSA) is 29.5 Å². The highest BCUT2D eigenvalue weighted by Crippen LogP contribution is 2.36. The van der Waals surface area contributed by atoms with E-state index in [4.69, 9.17) is 4.43 Å². The summed E-state index contributed by atoms with van der Waals surface area (Å²) in [5.41, 5.74) is 2.18. The minimum atomic E-state index is -2.53. The summed E-state index contributed by atoms with van der Waals surface area (Å²) in [6.45, 7) is 13.4. The fourth-order valence-corrected chi connectivity index (χ4v) is 8.22. The molecule has 2 aromatic carbocycles. The zero-order valence-corrected chi connectivity index (χ0v) is 19.8. The van der Waals surface area contributed by atoms with Gasteiger partial charge in [-0.2, -0.15) is 0 Å². The van der Waals surface area contributed by atoms with Crippen LogP contribution in [-0.2, 0) is 4.43 Å². The van der Waals surface area contributed by atoms with Crippen molar-refractivity contribution < 1.29 is 9.53 Å². The summed E-state index contributed by atoms with van der Waals surface area (Å²) in [6.07, 6.45) is 4.30. The molecule has 0 amide bonds. The molecular weight excluding hydrogens is 372 g/mol. The first-order chi connectivity index (χ1) is 13.7. The van der Waals surface area contributed by atoms with Gasteiger partial charge in [-0.1, -0.05) is 99.2 Å².